The predicted octanol–water partition coefficient (Wildman–Crippen LogP) is 6.49. The lowest BCUT2D eigenvalue weighted by molar-refractivity contribution is -0.149. The lowest BCUT2D eigenvalue weighted by Gasteiger charge is -2.13. The summed E-state index contributed by atoms with van der Waals surface area (Å²) in [7, 11) is 0. The Bertz CT molecular complexity index is 1450. The second-order valence-corrected chi connectivity index (χ2v) is 8.68. The van der Waals surface area contributed by atoms with Gasteiger partial charge in [-0.3, -0.25) is 4.79 Å². The van der Waals surface area contributed by atoms with E-state index >= 15 is 0 Å². The number of carboxylic acids is 1. The molecular weight excluding hydrogens is 471 g/mol. The Kier molecular flexibility index (Phi) is 6.73. The van der Waals surface area contributed by atoms with Gasteiger partial charge in [0.2, 0.25) is 0 Å². The van der Waals surface area contributed by atoms with Crippen molar-refractivity contribution >= 4 is 22.7 Å². The minimum absolute atomic E-state index is 0.00249. The van der Waals surface area contributed by atoms with Gasteiger partial charge in [-0.1, -0.05) is 48.0 Å². The van der Waals surface area contributed by atoms with E-state index in [4.69, 9.17) is 9.84 Å². The van der Waals surface area contributed by atoms with Gasteiger partial charge in [0.1, 0.15) is 0 Å². The number of nitrogens with zero attached hydrogens (tertiary/aromatic N) is 1. The molecule has 0 spiro atoms. The molecule has 0 unspecified atom stereocenters. The van der Waals surface area contributed by atoms with Crippen LogP contribution in [0, 0.1) is 13.8 Å². The summed E-state index contributed by atoms with van der Waals surface area (Å²) in [5.74, 6) is -1.39. The van der Waals surface area contributed by atoms with E-state index < -0.39 is 23.8 Å². The van der Waals surface area contributed by atoms with Gasteiger partial charge in [0, 0.05) is 22.3 Å². The van der Waals surface area contributed by atoms with E-state index in [9.17, 15) is 22.8 Å². The molecular formula is C28H24F3NO4. The summed E-state index contributed by atoms with van der Waals surface area (Å²) in [6.07, 6.45) is -5.57. The molecule has 8 heteroatoms. The number of aromatic nitrogens is 1. The number of carboxylic acid groups (broad SMARTS) is 1. The number of carbonyl (C=O) groups excluding carboxylic acids is 1. The molecule has 186 valence electrons. The van der Waals surface area contributed by atoms with Gasteiger partial charge in [-0.15, -0.1) is 0 Å². The number of hydrogen-bond acceptors (Lipinski definition) is 3. The van der Waals surface area contributed by atoms with Crippen LogP contribution in [0.1, 0.15) is 45.2 Å². The Morgan fingerprint density at radius 2 is 1.69 bits per heavy atom. The molecule has 36 heavy (non-hydrogen) atoms. The molecule has 0 aliphatic rings. The number of halogens is 3. The van der Waals surface area contributed by atoms with Gasteiger partial charge >= 0.3 is 12.1 Å². The molecule has 0 aliphatic heterocycles. The normalized spacial score (nSPS) is 12.6. The third-order valence-electron chi connectivity index (χ3n) is 6.09. The molecule has 0 radical (unpaired) electrons. The maximum Gasteiger partial charge on any atom is 0.416 e. The number of carbonyl (C=O) groups is 2. The average molecular weight is 495 g/mol. The molecule has 3 aromatic carbocycles. The lowest BCUT2D eigenvalue weighted by atomic mass is 9.99. The number of hydrogen-bond donors (Lipinski definition) is 1. The fourth-order valence-electron chi connectivity index (χ4n) is 4.14. The number of ether oxygens (including phenoxy) is 1. The van der Waals surface area contributed by atoms with Crippen LogP contribution in [0.5, 0.6) is 0 Å². The Morgan fingerprint density at radius 3 is 2.33 bits per heavy atom. The monoisotopic (exact) mass is 495 g/mol. The molecule has 0 aliphatic carbocycles. The molecule has 4 aromatic rings. The zero-order valence-electron chi connectivity index (χ0n) is 19.9. The Labute approximate surface area is 205 Å². The summed E-state index contributed by atoms with van der Waals surface area (Å²) in [6.45, 7) is 5.02. The largest absolute Gasteiger partial charge is 0.479 e. The molecule has 5 nitrogen and oxygen atoms in total. The van der Waals surface area contributed by atoms with Gasteiger partial charge in [0.05, 0.1) is 23.3 Å². The molecule has 4 rings (SSSR count). The number of aliphatic carboxylic acids is 1. The molecule has 1 heterocycles. The topological polar surface area (TPSA) is 68.5 Å². The van der Waals surface area contributed by atoms with E-state index in [0.29, 0.717) is 33.5 Å². The lowest BCUT2D eigenvalue weighted by Crippen LogP contribution is -2.19. The average Bonchev–Trinajstić information content (AvgIpc) is 3.13. The zero-order valence-corrected chi connectivity index (χ0v) is 19.9. The van der Waals surface area contributed by atoms with Gasteiger partial charge in [0.15, 0.2) is 11.9 Å². The second-order valence-electron chi connectivity index (χ2n) is 8.68. The van der Waals surface area contributed by atoms with E-state index in [2.05, 4.69) is 0 Å². The highest BCUT2D eigenvalue weighted by Gasteiger charge is 2.32. The minimum atomic E-state index is -4.55. The fraction of sp³-hybridized carbons (Fsp3) is 0.214. The summed E-state index contributed by atoms with van der Waals surface area (Å²) in [5, 5.41) is 9.46. The smallest absolute Gasteiger partial charge is 0.416 e. The van der Waals surface area contributed by atoms with Crippen molar-refractivity contribution in [2.24, 2.45) is 0 Å². The van der Waals surface area contributed by atoms with Crippen molar-refractivity contribution in [3.63, 3.8) is 0 Å². The van der Waals surface area contributed by atoms with E-state index in [1.54, 1.807) is 47.9 Å². The van der Waals surface area contributed by atoms with Crippen molar-refractivity contribution in [1.29, 1.82) is 0 Å². The molecule has 1 aromatic heterocycles. The first-order valence-electron chi connectivity index (χ1n) is 11.2. The number of aryl methyl sites for hydroxylation is 1. The van der Waals surface area contributed by atoms with Gasteiger partial charge in [-0.2, -0.15) is 13.2 Å². The van der Waals surface area contributed by atoms with Crippen LogP contribution in [0.15, 0.2) is 66.7 Å². The first-order chi connectivity index (χ1) is 17.0. The van der Waals surface area contributed by atoms with Crippen LogP contribution in [0.4, 0.5) is 13.2 Å². The standard InChI is InChI=1S/C28H24F3NO4/c1-16-7-9-20(10-8-16)26(33)25-17(2)32(24-14-21(28(29,30)31)11-12-23(24)25)22-6-4-5-19(13-22)15-36-18(3)27(34)35/h4-14,18H,15H2,1-3H3,(H,34,35)/t18-/m0/s1. The van der Waals surface area contributed by atoms with E-state index in [1.807, 2.05) is 19.1 Å². The van der Waals surface area contributed by atoms with Crippen LogP contribution in [0.25, 0.3) is 16.6 Å². The SMILES string of the molecule is Cc1ccc(C(=O)c2c(C)n(-c3cccc(CO[C@@H](C)C(=O)O)c3)c3cc(C(F)(F)F)ccc23)cc1. The minimum Gasteiger partial charge on any atom is -0.479 e. The van der Waals surface area contributed by atoms with Crippen LogP contribution >= 0.6 is 0 Å². The van der Waals surface area contributed by atoms with Crippen LogP contribution in [-0.4, -0.2) is 27.5 Å². The Balaban J connectivity index is 1.88. The summed E-state index contributed by atoms with van der Waals surface area (Å²) in [4.78, 5) is 24.6. The van der Waals surface area contributed by atoms with Crippen molar-refractivity contribution in [2.45, 2.75) is 39.7 Å². The van der Waals surface area contributed by atoms with E-state index in [1.165, 1.54) is 13.0 Å². The van der Waals surface area contributed by atoms with E-state index in [-0.39, 0.29) is 17.9 Å². The number of benzene rings is 3. The molecule has 0 saturated carbocycles. The zero-order chi connectivity index (χ0) is 26.2. The summed E-state index contributed by atoms with van der Waals surface area (Å²) < 4.78 is 47.7. The molecule has 0 saturated heterocycles. The van der Waals surface area contributed by atoms with Crippen LogP contribution in [0.2, 0.25) is 0 Å². The van der Waals surface area contributed by atoms with Gasteiger partial charge in [-0.25, -0.2) is 4.79 Å². The number of rotatable bonds is 7. The van der Waals surface area contributed by atoms with Gasteiger partial charge in [-0.05, 0) is 50.6 Å². The van der Waals surface area contributed by atoms with Crippen molar-refractivity contribution < 1.29 is 32.6 Å². The highest BCUT2D eigenvalue weighted by atomic mass is 19.4. The first-order valence-corrected chi connectivity index (χ1v) is 11.2. The number of alkyl halides is 3. The summed E-state index contributed by atoms with van der Waals surface area (Å²) in [5.41, 5.74) is 2.83. The quantitative estimate of drug-likeness (QED) is 0.298. The molecule has 0 fully saturated rings. The van der Waals surface area contributed by atoms with Crippen LogP contribution in [0.3, 0.4) is 0 Å². The van der Waals surface area contributed by atoms with Crippen LogP contribution < -0.4 is 0 Å². The van der Waals surface area contributed by atoms with Gasteiger partial charge < -0.3 is 14.4 Å². The second kappa shape index (κ2) is 9.62. The fourth-order valence-corrected chi connectivity index (χ4v) is 4.14. The predicted molar refractivity (Wildman–Crippen MR) is 130 cm³/mol. The Hall–Kier alpha value is -3.91. The number of ketones is 1. The van der Waals surface area contributed by atoms with Crippen molar-refractivity contribution in [2.75, 3.05) is 0 Å². The maximum absolute atomic E-state index is 13.6. The van der Waals surface area contributed by atoms with Crippen molar-refractivity contribution in [3.8, 4) is 5.69 Å². The van der Waals surface area contributed by atoms with Crippen molar-refractivity contribution in [1.82, 2.24) is 4.57 Å². The highest BCUT2D eigenvalue weighted by molar-refractivity contribution is 6.18. The molecule has 1 atom stereocenters. The number of fused-ring (bicyclic) bond motifs is 1. The third-order valence-corrected chi connectivity index (χ3v) is 6.09. The van der Waals surface area contributed by atoms with Gasteiger partial charge in [0.25, 0.3) is 0 Å². The molecule has 0 bridgehead atoms. The highest BCUT2D eigenvalue weighted by Crippen LogP contribution is 2.36. The Morgan fingerprint density at radius 1 is 1.00 bits per heavy atom. The van der Waals surface area contributed by atoms with E-state index in [0.717, 1.165) is 17.7 Å². The first kappa shape index (κ1) is 25.2. The molecule has 1 N–H and O–H groups in total. The maximum atomic E-state index is 13.6. The summed E-state index contributed by atoms with van der Waals surface area (Å²) >= 11 is 0. The van der Waals surface area contributed by atoms with Crippen LogP contribution in [-0.2, 0) is 22.3 Å². The summed E-state index contributed by atoms with van der Waals surface area (Å²) in [6, 6.07) is 17.3. The molecule has 0 amide bonds. The van der Waals surface area contributed by atoms with Crippen molar-refractivity contribution in [3.05, 3.63) is 100 Å². The third kappa shape index (κ3) is 4.90.